The van der Waals surface area contributed by atoms with Gasteiger partial charge in [0.05, 0.1) is 19.0 Å². The fraction of sp³-hybridized carbons (Fsp3) is 0.261. The van der Waals surface area contributed by atoms with E-state index in [1.807, 2.05) is 6.07 Å². The highest BCUT2D eigenvalue weighted by Gasteiger charge is 2.29. The second kappa shape index (κ2) is 10.1. The van der Waals surface area contributed by atoms with Crippen molar-refractivity contribution in [3.05, 3.63) is 90.0 Å². The number of nitrogens with one attached hydrogen (secondary N) is 1. The Balaban J connectivity index is 1.71. The van der Waals surface area contributed by atoms with Crippen LogP contribution in [0.3, 0.4) is 0 Å². The average molecular weight is 444 g/mol. The van der Waals surface area contributed by atoms with Gasteiger partial charge in [0.15, 0.2) is 0 Å². The third-order valence-corrected chi connectivity index (χ3v) is 4.88. The Morgan fingerprint density at radius 3 is 2.31 bits per heavy atom. The van der Waals surface area contributed by atoms with E-state index in [4.69, 9.17) is 0 Å². The van der Waals surface area contributed by atoms with Gasteiger partial charge in [-0.2, -0.15) is 13.2 Å². The molecule has 0 radical (unpaired) electrons. The van der Waals surface area contributed by atoms with E-state index in [0.29, 0.717) is 5.56 Å². The lowest BCUT2D eigenvalue weighted by Gasteiger charge is -2.23. The van der Waals surface area contributed by atoms with Crippen LogP contribution >= 0.6 is 0 Å². The molecule has 2 aromatic carbocycles. The van der Waals surface area contributed by atoms with Crippen LogP contribution < -0.4 is 5.32 Å². The zero-order valence-corrected chi connectivity index (χ0v) is 17.4. The number of hydrogen-bond acceptors (Lipinski definition) is 3. The predicted molar refractivity (Wildman–Crippen MR) is 112 cm³/mol. The minimum absolute atomic E-state index is 0.0565. The largest absolute Gasteiger partial charge is 0.406 e. The summed E-state index contributed by atoms with van der Waals surface area (Å²) < 4.78 is 39.2. The Labute approximate surface area is 183 Å². The molecule has 1 unspecified atom stereocenters. The Bertz CT molecular complexity index is 1040. The second-order valence-corrected chi connectivity index (χ2v) is 7.34. The maximum atomic E-state index is 12.9. The number of halogens is 3. The van der Waals surface area contributed by atoms with Crippen LogP contribution in [0.1, 0.15) is 34.2 Å². The van der Waals surface area contributed by atoms with Crippen LogP contribution in [0.5, 0.6) is 0 Å². The van der Waals surface area contributed by atoms with E-state index in [1.54, 1.807) is 54.6 Å². The summed E-state index contributed by atoms with van der Waals surface area (Å²) in [5.41, 5.74) is 1.21. The van der Waals surface area contributed by atoms with Gasteiger partial charge in [-0.25, -0.2) is 4.98 Å². The molecule has 0 saturated heterocycles. The lowest BCUT2D eigenvalue weighted by Crippen LogP contribution is -2.35. The average Bonchev–Trinajstić information content (AvgIpc) is 3.19. The van der Waals surface area contributed by atoms with E-state index < -0.39 is 18.8 Å². The van der Waals surface area contributed by atoms with Gasteiger partial charge in [-0.15, -0.1) is 0 Å². The van der Waals surface area contributed by atoms with Gasteiger partial charge < -0.3 is 14.8 Å². The molecule has 1 N–H and O–H groups in total. The van der Waals surface area contributed by atoms with Crippen LogP contribution in [-0.2, 0) is 17.9 Å². The summed E-state index contributed by atoms with van der Waals surface area (Å²) >= 11 is 0. The van der Waals surface area contributed by atoms with E-state index in [1.165, 1.54) is 24.3 Å². The lowest BCUT2D eigenvalue weighted by atomic mass is 10.0. The molecule has 2 amide bonds. The highest BCUT2D eigenvalue weighted by Crippen LogP contribution is 2.21. The van der Waals surface area contributed by atoms with Gasteiger partial charge in [0.25, 0.3) is 5.91 Å². The molecule has 1 heterocycles. The highest BCUT2D eigenvalue weighted by atomic mass is 19.4. The van der Waals surface area contributed by atoms with E-state index in [0.717, 1.165) is 10.1 Å². The van der Waals surface area contributed by atoms with Crippen LogP contribution in [0.15, 0.2) is 73.1 Å². The number of alkyl halides is 3. The zero-order valence-electron chi connectivity index (χ0n) is 17.4. The second-order valence-electron chi connectivity index (χ2n) is 7.34. The number of benzene rings is 2. The smallest absolute Gasteiger partial charge is 0.345 e. The Kier molecular flexibility index (Phi) is 7.29. The third-order valence-electron chi connectivity index (χ3n) is 4.88. The third kappa shape index (κ3) is 6.44. The fourth-order valence-electron chi connectivity index (χ4n) is 3.23. The van der Waals surface area contributed by atoms with E-state index in [9.17, 15) is 22.8 Å². The van der Waals surface area contributed by atoms with E-state index >= 15 is 0 Å². The lowest BCUT2D eigenvalue weighted by molar-refractivity contribution is -0.141. The summed E-state index contributed by atoms with van der Waals surface area (Å²) in [6.45, 7) is -1.26. The monoisotopic (exact) mass is 444 g/mol. The minimum Gasteiger partial charge on any atom is -0.345 e. The van der Waals surface area contributed by atoms with Crippen molar-refractivity contribution in [2.45, 2.75) is 31.7 Å². The number of aromatic nitrogens is 2. The topological polar surface area (TPSA) is 67.2 Å². The molecule has 3 aromatic rings. The maximum absolute atomic E-state index is 12.9. The number of hydrogen-bond donors (Lipinski definition) is 1. The molecule has 0 bridgehead atoms. The van der Waals surface area contributed by atoms with Crippen LogP contribution in [0.4, 0.5) is 13.2 Å². The summed E-state index contributed by atoms with van der Waals surface area (Å²) in [6.07, 6.45) is -1.95. The molecule has 0 aliphatic heterocycles. The summed E-state index contributed by atoms with van der Waals surface area (Å²) in [5.74, 6) is -0.535. The molecule has 0 fully saturated rings. The maximum Gasteiger partial charge on any atom is 0.406 e. The van der Waals surface area contributed by atoms with Crippen molar-refractivity contribution in [2.75, 3.05) is 7.05 Å². The number of carbonyl (C=O) groups is 2. The van der Waals surface area contributed by atoms with Crippen molar-refractivity contribution in [3.63, 3.8) is 0 Å². The number of rotatable bonds is 8. The summed E-state index contributed by atoms with van der Waals surface area (Å²) in [5, 5.41) is 2.88. The van der Waals surface area contributed by atoms with Crippen LogP contribution in [-0.4, -0.2) is 39.5 Å². The molecule has 0 saturated carbocycles. The minimum atomic E-state index is -4.39. The van der Waals surface area contributed by atoms with Gasteiger partial charge in [0, 0.05) is 25.0 Å². The number of imidazole rings is 1. The quantitative estimate of drug-likeness (QED) is 0.572. The molecule has 1 atom stereocenters. The van der Waals surface area contributed by atoms with Crippen LogP contribution in [0.25, 0.3) is 0 Å². The molecule has 1 aromatic heterocycles. The van der Waals surface area contributed by atoms with Gasteiger partial charge in [-0.1, -0.05) is 48.5 Å². The van der Waals surface area contributed by atoms with Gasteiger partial charge in [0.1, 0.15) is 12.4 Å². The first-order valence-electron chi connectivity index (χ1n) is 9.94. The Hall–Kier alpha value is -3.62. The highest BCUT2D eigenvalue weighted by molar-refractivity contribution is 5.94. The predicted octanol–water partition coefficient (Wildman–Crippen LogP) is 3.97. The van der Waals surface area contributed by atoms with Gasteiger partial charge in [-0.05, 0) is 17.7 Å². The van der Waals surface area contributed by atoms with Crippen molar-refractivity contribution in [1.82, 2.24) is 19.8 Å². The molecular weight excluding hydrogens is 421 g/mol. The number of carbonyl (C=O) groups excluding carboxylic acids is 2. The Morgan fingerprint density at radius 1 is 1.06 bits per heavy atom. The standard InChI is InChI=1S/C23H23F3N4O2/c1-29(15-20-27-12-13-30(20)16-23(24,25)26)21(31)14-19(17-8-4-2-5-9-17)28-22(32)18-10-6-3-7-11-18/h2-13,19H,14-16H2,1H3,(H,28,32). The van der Waals surface area contributed by atoms with Gasteiger partial charge in [-0.3, -0.25) is 9.59 Å². The summed E-state index contributed by atoms with van der Waals surface area (Å²) in [6, 6.07) is 17.1. The first-order chi connectivity index (χ1) is 15.2. The normalized spacial score (nSPS) is 12.2. The van der Waals surface area contributed by atoms with Crippen molar-refractivity contribution >= 4 is 11.8 Å². The molecule has 0 spiro atoms. The van der Waals surface area contributed by atoms with Crippen LogP contribution in [0.2, 0.25) is 0 Å². The zero-order chi connectivity index (χ0) is 23.1. The SMILES string of the molecule is CN(Cc1nccn1CC(F)(F)F)C(=O)CC(NC(=O)c1ccccc1)c1ccccc1. The molecule has 9 heteroatoms. The van der Waals surface area contributed by atoms with Crippen molar-refractivity contribution in [2.24, 2.45) is 0 Å². The van der Waals surface area contributed by atoms with E-state index in [2.05, 4.69) is 10.3 Å². The van der Waals surface area contributed by atoms with Gasteiger partial charge >= 0.3 is 6.18 Å². The molecule has 32 heavy (non-hydrogen) atoms. The van der Waals surface area contributed by atoms with Crippen molar-refractivity contribution in [3.8, 4) is 0 Å². The molecule has 3 rings (SSSR count). The molecular formula is C23H23F3N4O2. The molecule has 168 valence electrons. The van der Waals surface area contributed by atoms with Crippen LogP contribution in [0, 0.1) is 0 Å². The van der Waals surface area contributed by atoms with Crippen molar-refractivity contribution < 1.29 is 22.8 Å². The Morgan fingerprint density at radius 2 is 1.69 bits per heavy atom. The molecule has 6 nitrogen and oxygen atoms in total. The van der Waals surface area contributed by atoms with Gasteiger partial charge in [0.2, 0.25) is 5.91 Å². The van der Waals surface area contributed by atoms with Crippen molar-refractivity contribution in [1.29, 1.82) is 0 Å². The van der Waals surface area contributed by atoms with E-state index in [-0.39, 0.29) is 30.6 Å². The fourth-order valence-corrected chi connectivity index (χ4v) is 3.23. The first kappa shape index (κ1) is 23.1. The summed E-state index contributed by atoms with van der Waals surface area (Å²) in [4.78, 5) is 30.8. The summed E-state index contributed by atoms with van der Waals surface area (Å²) in [7, 11) is 1.50. The first-order valence-corrected chi connectivity index (χ1v) is 9.94. The molecule has 0 aliphatic carbocycles. The number of amides is 2. The number of nitrogens with zero attached hydrogens (tertiary/aromatic N) is 3. The molecule has 0 aliphatic rings.